The fourth-order valence-electron chi connectivity index (χ4n) is 2.43. The number of amides is 2. The number of nitrogens with zero attached hydrogens (tertiary/aromatic N) is 2. The molecule has 1 unspecified atom stereocenters. The van der Waals surface area contributed by atoms with Gasteiger partial charge in [-0.1, -0.05) is 0 Å². The van der Waals surface area contributed by atoms with Crippen molar-refractivity contribution in [3.8, 4) is 0 Å². The zero-order valence-corrected chi connectivity index (χ0v) is 10.7. The van der Waals surface area contributed by atoms with E-state index in [0.29, 0.717) is 0 Å². The second-order valence-corrected chi connectivity index (χ2v) is 4.69. The SMILES string of the molecule is CCN(CC1CCCO1)C(=O)N1CCNCC1. The Morgan fingerprint density at radius 2 is 2.24 bits per heavy atom. The lowest BCUT2D eigenvalue weighted by atomic mass is 10.2. The van der Waals surface area contributed by atoms with Crippen molar-refractivity contribution in [3.63, 3.8) is 0 Å². The van der Waals surface area contributed by atoms with Gasteiger partial charge in [0.05, 0.1) is 6.10 Å². The van der Waals surface area contributed by atoms with E-state index in [-0.39, 0.29) is 12.1 Å². The second kappa shape index (κ2) is 6.21. The first-order chi connectivity index (χ1) is 8.31. The van der Waals surface area contributed by atoms with E-state index in [4.69, 9.17) is 4.74 Å². The summed E-state index contributed by atoms with van der Waals surface area (Å²) in [6.45, 7) is 7.86. The van der Waals surface area contributed by atoms with Gasteiger partial charge in [0, 0.05) is 45.9 Å². The molecule has 98 valence electrons. The molecule has 2 aliphatic rings. The van der Waals surface area contributed by atoms with Crippen LogP contribution in [-0.2, 0) is 4.74 Å². The highest BCUT2D eigenvalue weighted by Gasteiger charge is 2.25. The third-order valence-electron chi connectivity index (χ3n) is 3.49. The van der Waals surface area contributed by atoms with Crippen molar-refractivity contribution in [1.29, 1.82) is 0 Å². The number of hydrogen-bond acceptors (Lipinski definition) is 3. The number of ether oxygens (including phenoxy) is 1. The van der Waals surface area contributed by atoms with Gasteiger partial charge in [-0.05, 0) is 19.8 Å². The molecule has 2 fully saturated rings. The predicted molar refractivity (Wildman–Crippen MR) is 66.1 cm³/mol. The highest BCUT2D eigenvalue weighted by molar-refractivity contribution is 5.74. The number of piperazine rings is 1. The molecular formula is C12H23N3O2. The maximum atomic E-state index is 12.3. The first-order valence-corrected chi connectivity index (χ1v) is 6.67. The Kier molecular flexibility index (Phi) is 4.62. The summed E-state index contributed by atoms with van der Waals surface area (Å²) < 4.78 is 5.60. The van der Waals surface area contributed by atoms with Crippen LogP contribution in [-0.4, -0.2) is 67.8 Å². The first kappa shape index (κ1) is 12.6. The summed E-state index contributed by atoms with van der Waals surface area (Å²) in [5.74, 6) is 0. The van der Waals surface area contributed by atoms with Crippen molar-refractivity contribution >= 4 is 6.03 Å². The van der Waals surface area contributed by atoms with Gasteiger partial charge >= 0.3 is 6.03 Å². The van der Waals surface area contributed by atoms with Gasteiger partial charge in [0.15, 0.2) is 0 Å². The van der Waals surface area contributed by atoms with Crippen LogP contribution in [0, 0.1) is 0 Å². The largest absolute Gasteiger partial charge is 0.376 e. The topological polar surface area (TPSA) is 44.8 Å². The zero-order valence-electron chi connectivity index (χ0n) is 10.7. The Morgan fingerprint density at radius 3 is 2.82 bits per heavy atom. The highest BCUT2D eigenvalue weighted by Crippen LogP contribution is 2.14. The van der Waals surface area contributed by atoms with E-state index in [2.05, 4.69) is 5.32 Å². The average Bonchev–Trinajstić information content (AvgIpc) is 2.89. The summed E-state index contributed by atoms with van der Waals surface area (Å²) in [5, 5.41) is 3.26. The number of carbonyl (C=O) groups is 1. The molecule has 5 nitrogen and oxygen atoms in total. The van der Waals surface area contributed by atoms with Crippen LogP contribution in [0.2, 0.25) is 0 Å². The Balaban J connectivity index is 1.84. The molecule has 1 atom stereocenters. The molecule has 0 bridgehead atoms. The number of hydrogen-bond donors (Lipinski definition) is 1. The maximum Gasteiger partial charge on any atom is 0.320 e. The van der Waals surface area contributed by atoms with E-state index in [9.17, 15) is 4.79 Å². The lowest BCUT2D eigenvalue weighted by Crippen LogP contribution is -2.52. The number of rotatable bonds is 3. The lowest BCUT2D eigenvalue weighted by molar-refractivity contribution is 0.0734. The summed E-state index contributed by atoms with van der Waals surface area (Å²) in [6, 6.07) is 0.171. The third-order valence-corrected chi connectivity index (χ3v) is 3.49. The molecular weight excluding hydrogens is 218 g/mol. The fraction of sp³-hybridized carbons (Fsp3) is 0.917. The van der Waals surface area contributed by atoms with E-state index >= 15 is 0 Å². The van der Waals surface area contributed by atoms with E-state index in [0.717, 1.165) is 58.7 Å². The lowest BCUT2D eigenvalue weighted by Gasteiger charge is -2.33. The number of urea groups is 1. The Hall–Kier alpha value is -0.810. The quantitative estimate of drug-likeness (QED) is 0.783. The van der Waals surface area contributed by atoms with Crippen molar-refractivity contribution in [1.82, 2.24) is 15.1 Å². The van der Waals surface area contributed by atoms with Gasteiger partial charge in [-0.2, -0.15) is 0 Å². The van der Waals surface area contributed by atoms with Crippen LogP contribution in [0.4, 0.5) is 4.79 Å². The van der Waals surface area contributed by atoms with Crippen molar-refractivity contribution < 1.29 is 9.53 Å². The summed E-state index contributed by atoms with van der Waals surface area (Å²) in [6.07, 6.45) is 2.47. The molecule has 0 aromatic heterocycles. The smallest absolute Gasteiger partial charge is 0.320 e. The molecule has 2 rings (SSSR count). The summed E-state index contributed by atoms with van der Waals surface area (Å²) in [7, 11) is 0. The summed E-state index contributed by atoms with van der Waals surface area (Å²) in [5.41, 5.74) is 0. The first-order valence-electron chi connectivity index (χ1n) is 6.67. The molecule has 0 aliphatic carbocycles. The van der Waals surface area contributed by atoms with Crippen molar-refractivity contribution in [2.75, 3.05) is 45.9 Å². The van der Waals surface area contributed by atoms with Crippen LogP contribution < -0.4 is 5.32 Å². The minimum absolute atomic E-state index is 0.171. The van der Waals surface area contributed by atoms with Gasteiger partial charge in [-0.25, -0.2) is 4.79 Å². The fourth-order valence-corrected chi connectivity index (χ4v) is 2.43. The molecule has 17 heavy (non-hydrogen) atoms. The molecule has 0 aromatic carbocycles. The molecule has 5 heteroatoms. The number of likely N-dealkylation sites (N-methyl/N-ethyl adjacent to an activating group) is 1. The van der Waals surface area contributed by atoms with Crippen LogP contribution in [0.25, 0.3) is 0 Å². The predicted octanol–water partition coefficient (Wildman–Crippen LogP) is 0.513. The molecule has 0 saturated carbocycles. The van der Waals surface area contributed by atoms with Gasteiger partial charge in [0.2, 0.25) is 0 Å². The molecule has 0 radical (unpaired) electrons. The minimum atomic E-state index is 0.171. The molecule has 2 heterocycles. The normalized spacial score (nSPS) is 25.0. The maximum absolute atomic E-state index is 12.3. The molecule has 0 aromatic rings. The Bertz CT molecular complexity index is 248. The van der Waals surface area contributed by atoms with Crippen molar-refractivity contribution in [3.05, 3.63) is 0 Å². The van der Waals surface area contributed by atoms with Crippen LogP contribution in [0.15, 0.2) is 0 Å². The molecule has 2 saturated heterocycles. The van der Waals surface area contributed by atoms with E-state index < -0.39 is 0 Å². The monoisotopic (exact) mass is 241 g/mol. The standard InChI is InChI=1S/C12H23N3O2/c1-2-14(10-11-4-3-9-17-11)12(16)15-7-5-13-6-8-15/h11,13H,2-10H2,1H3. The molecule has 1 N–H and O–H groups in total. The van der Waals surface area contributed by atoms with Gasteiger partial charge in [0.1, 0.15) is 0 Å². The summed E-state index contributed by atoms with van der Waals surface area (Å²) in [4.78, 5) is 16.1. The minimum Gasteiger partial charge on any atom is -0.376 e. The second-order valence-electron chi connectivity index (χ2n) is 4.69. The molecule has 2 amide bonds. The number of nitrogens with one attached hydrogen (secondary N) is 1. The average molecular weight is 241 g/mol. The molecule has 2 aliphatic heterocycles. The van der Waals surface area contributed by atoms with Crippen LogP contribution in [0.1, 0.15) is 19.8 Å². The van der Waals surface area contributed by atoms with Crippen molar-refractivity contribution in [2.45, 2.75) is 25.9 Å². The third kappa shape index (κ3) is 3.33. The Labute approximate surface area is 103 Å². The zero-order chi connectivity index (χ0) is 12.1. The van der Waals surface area contributed by atoms with Gasteiger partial charge in [0.25, 0.3) is 0 Å². The van der Waals surface area contributed by atoms with E-state index in [1.807, 2.05) is 16.7 Å². The summed E-state index contributed by atoms with van der Waals surface area (Å²) >= 11 is 0. The van der Waals surface area contributed by atoms with E-state index in [1.54, 1.807) is 0 Å². The number of carbonyl (C=O) groups excluding carboxylic acids is 1. The van der Waals surface area contributed by atoms with Gasteiger partial charge in [-0.15, -0.1) is 0 Å². The van der Waals surface area contributed by atoms with Gasteiger partial charge < -0.3 is 19.9 Å². The highest BCUT2D eigenvalue weighted by atomic mass is 16.5. The van der Waals surface area contributed by atoms with Crippen LogP contribution in [0.3, 0.4) is 0 Å². The van der Waals surface area contributed by atoms with Gasteiger partial charge in [-0.3, -0.25) is 0 Å². The van der Waals surface area contributed by atoms with Crippen molar-refractivity contribution in [2.24, 2.45) is 0 Å². The Morgan fingerprint density at radius 1 is 1.47 bits per heavy atom. The van der Waals surface area contributed by atoms with Crippen LogP contribution >= 0.6 is 0 Å². The van der Waals surface area contributed by atoms with E-state index in [1.165, 1.54) is 0 Å². The van der Waals surface area contributed by atoms with Crippen LogP contribution in [0.5, 0.6) is 0 Å². The molecule has 0 spiro atoms.